The molecule has 0 radical (unpaired) electrons. The molecule has 20 heteroatoms. The third-order valence-corrected chi connectivity index (χ3v) is 17.2. The summed E-state index contributed by atoms with van der Waals surface area (Å²) in [7, 11) is 0. The molecule has 1 heterocycles. The van der Waals surface area contributed by atoms with Crippen LogP contribution in [0.1, 0.15) is 117 Å². The molecule has 18 nitrogen and oxygen atoms in total. The number of Topliss-reactive ketones (excluding diaryl/α,β-unsaturated/α-hetero) is 1. The molecule has 3 fully saturated rings. The van der Waals surface area contributed by atoms with Crippen molar-refractivity contribution in [3.63, 3.8) is 0 Å². The van der Waals surface area contributed by atoms with Crippen LogP contribution in [-0.2, 0) is 52.4 Å². The Balaban J connectivity index is 1.46. The molecule has 2 aromatic rings. The number of carbonyl (C=O) groups is 7. The van der Waals surface area contributed by atoms with E-state index < -0.39 is 128 Å². The van der Waals surface area contributed by atoms with Crippen LogP contribution in [-0.4, -0.2) is 138 Å². The standard InChI is InChI=1S/C52H67NO17S2/c1-28-32(66-45(62)40(67-36(58)22-24-72-49(8,9)71-23-21-35(56)57)38(30-17-13-11-14-18-30)53-46(63)70-47(3,4)5)26-52(64)43(68-44(61)31-19-15-12-16-20-31)41-50(10,42(60)39(59)37(28)48(52,6)7)33(55)25-34-51(41,27-65-34)69-29(2)54/h11-20,32-34,38-41,43,55,59,64H,21-27H2,1-10H3,(H,53,63)(H,56,57)/t32-,33-,34+,38-,39+,40+,41-,43-,50+,51-,52+/m1/s1. The van der Waals surface area contributed by atoms with Gasteiger partial charge in [0, 0.05) is 36.7 Å². The molecule has 394 valence electrons. The molecule has 4 aliphatic rings. The summed E-state index contributed by atoms with van der Waals surface area (Å²) in [5.41, 5.74) is -8.68. The first kappa shape index (κ1) is 56.3. The Morgan fingerprint density at radius 2 is 1.49 bits per heavy atom. The first-order valence-corrected chi connectivity index (χ1v) is 25.8. The minimum atomic E-state index is -2.44. The zero-order valence-corrected chi connectivity index (χ0v) is 43.9. The predicted octanol–water partition coefficient (Wildman–Crippen LogP) is 5.88. The molecule has 0 aromatic heterocycles. The van der Waals surface area contributed by atoms with E-state index in [1.54, 1.807) is 69.3 Å². The Labute approximate surface area is 427 Å². The van der Waals surface area contributed by atoms with Crippen molar-refractivity contribution in [3.8, 4) is 0 Å². The molecule has 72 heavy (non-hydrogen) atoms. The number of hydrogen-bond donors (Lipinski definition) is 5. The van der Waals surface area contributed by atoms with E-state index in [9.17, 15) is 39.3 Å². The van der Waals surface area contributed by atoms with Gasteiger partial charge in [-0.2, -0.15) is 0 Å². The SMILES string of the molecule is CC(=O)O[C@]12CO[C@H]1C[C@@H](O)[C@]1(C)C(=O)[C@@H](O)C3=C(C)[C@H](OC(=O)[C@@H](OC(=O)CCSC(C)(C)SCCC(=O)O)[C@H](NC(=O)OC(C)(C)C)c4ccccc4)C[C@](O)([C@H](OC(=O)c4ccccc4)[C@@H]21)C3(C)C. The average Bonchev–Trinajstić information content (AvgIpc) is 3.28. The van der Waals surface area contributed by atoms with E-state index in [1.165, 1.54) is 63.4 Å². The Bertz CT molecular complexity index is 2420. The summed E-state index contributed by atoms with van der Waals surface area (Å²) < 4.78 is 35.7. The molecule has 0 unspecified atom stereocenters. The molecular weight excluding hydrogens is 975 g/mol. The average molecular weight is 1040 g/mol. The Hall–Kier alpha value is -4.99. The molecule has 11 atom stereocenters. The predicted molar refractivity (Wildman–Crippen MR) is 263 cm³/mol. The van der Waals surface area contributed by atoms with Crippen LogP contribution in [0.4, 0.5) is 4.79 Å². The van der Waals surface area contributed by atoms with Crippen molar-refractivity contribution in [2.45, 2.75) is 158 Å². The summed E-state index contributed by atoms with van der Waals surface area (Å²) >= 11 is 2.76. The van der Waals surface area contributed by atoms with E-state index in [2.05, 4.69) is 5.32 Å². The topological polar surface area (TPSA) is 268 Å². The third-order valence-electron chi connectivity index (χ3n) is 14.3. The zero-order valence-electron chi connectivity index (χ0n) is 42.3. The first-order valence-electron chi connectivity index (χ1n) is 23.8. The number of alkyl carbamates (subject to hydrolysis) is 1. The molecule has 3 aliphatic carbocycles. The van der Waals surface area contributed by atoms with Gasteiger partial charge in [-0.15, -0.1) is 23.5 Å². The second kappa shape index (κ2) is 21.5. The second-order valence-corrected chi connectivity index (χ2v) is 24.7. The number of aliphatic hydroxyl groups excluding tert-OH is 2. The van der Waals surface area contributed by atoms with Crippen LogP contribution in [0.5, 0.6) is 0 Å². The number of thioether (sulfide) groups is 2. The highest BCUT2D eigenvalue weighted by molar-refractivity contribution is 8.18. The maximum atomic E-state index is 15.2. The highest BCUT2D eigenvalue weighted by atomic mass is 32.2. The lowest BCUT2D eigenvalue weighted by Crippen LogP contribution is -2.81. The summed E-state index contributed by atoms with van der Waals surface area (Å²) in [6, 6.07) is 14.5. The number of benzene rings is 2. The molecular formula is C52H67NO17S2. The monoisotopic (exact) mass is 1040 g/mol. The Kier molecular flexibility index (Phi) is 16.8. The highest BCUT2D eigenvalue weighted by Gasteiger charge is 2.78. The summed E-state index contributed by atoms with van der Waals surface area (Å²) in [6.07, 6.45) is -12.2. The number of carboxylic acids is 1. The fourth-order valence-corrected chi connectivity index (χ4v) is 13.0. The fraction of sp³-hybridized carbons (Fsp3) is 0.596. The zero-order chi connectivity index (χ0) is 53.4. The van der Waals surface area contributed by atoms with Gasteiger partial charge in [0.15, 0.2) is 11.4 Å². The number of ether oxygens (including phenoxy) is 6. The number of hydrogen-bond acceptors (Lipinski definition) is 18. The number of rotatable bonds is 17. The van der Waals surface area contributed by atoms with Crippen molar-refractivity contribution in [1.29, 1.82) is 0 Å². The van der Waals surface area contributed by atoms with Gasteiger partial charge >= 0.3 is 35.9 Å². The van der Waals surface area contributed by atoms with E-state index in [1.807, 2.05) is 13.8 Å². The number of carboxylic acid groups (broad SMARTS) is 1. The first-order chi connectivity index (χ1) is 33.5. The quantitative estimate of drug-likeness (QED) is 0.0536. The fourth-order valence-electron chi connectivity index (χ4n) is 10.7. The molecule has 2 bridgehead atoms. The maximum absolute atomic E-state index is 15.2. The highest BCUT2D eigenvalue weighted by Crippen LogP contribution is 2.64. The van der Waals surface area contributed by atoms with Gasteiger partial charge in [0.1, 0.15) is 41.7 Å². The summed E-state index contributed by atoms with van der Waals surface area (Å²) in [5.74, 6) is -6.82. The van der Waals surface area contributed by atoms with Crippen LogP contribution in [0, 0.1) is 16.7 Å². The van der Waals surface area contributed by atoms with Crippen molar-refractivity contribution in [3.05, 3.63) is 82.9 Å². The molecule has 2 aromatic carbocycles. The smallest absolute Gasteiger partial charge is 0.408 e. The Morgan fingerprint density at radius 1 is 0.889 bits per heavy atom. The van der Waals surface area contributed by atoms with Crippen molar-refractivity contribution < 1.29 is 82.4 Å². The maximum Gasteiger partial charge on any atom is 0.408 e. The van der Waals surface area contributed by atoms with E-state index >= 15 is 9.59 Å². The molecule has 2 saturated carbocycles. The van der Waals surface area contributed by atoms with Crippen LogP contribution in [0.3, 0.4) is 0 Å². The summed E-state index contributed by atoms with van der Waals surface area (Å²) in [6.45, 7) is 15.4. The molecule has 1 amide bonds. The Morgan fingerprint density at radius 3 is 2.04 bits per heavy atom. The van der Waals surface area contributed by atoms with Crippen LogP contribution in [0.2, 0.25) is 0 Å². The van der Waals surface area contributed by atoms with E-state index in [4.69, 9.17) is 33.5 Å². The minimum absolute atomic E-state index is 0.0482. The van der Waals surface area contributed by atoms with Gasteiger partial charge in [-0.1, -0.05) is 62.4 Å². The summed E-state index contributed by atoms with van der Waals surface area (Å²) in [5, 5.41) is 50.0. The van der Waals surface area contributed by atoms with Crippen LogP contribution in [0.25, 0.3) is 0 Å². The van der Waals surface area contributed by atoms with E-state index in [0.29, 0.717) is 11.3 Å². The molecule has 0 spiro atoms. The van der Waals surface area contributed by atoms with Crippen molar-refractivity contribution in [1.82, 2.24) is 5.32 Å². The number of aliphatic hydroxyl groups is 3. The number of amides is 1. The lowest BCUT2D eigenvalue weighted by Gasteiger charge is -2.67. The number of carbonyl (C=O) groups excluding carboxylic acids is 6. The van der Waals surface area contributed by atoms with Crippen molar-refractivity contribution >= 4 is 65.2 Å². The van der Waals surface area contributed by atoms with Gasteiger partial charge in [-0.3, -0.25) is 19.2 Å². The number of esters is 4. The lowest BCUT2D eigenvalue weighted by atomic mass is 9.44. The van der Waals surface area contributed by atoms with E-state index in [0.717, 1.165) is 6.92 Å². The molecule has 1 saturated heterocycles. The van der Waals surface area contributed by atoms with Gasteiger partial charge in [0.2, 0.25) is 6.10 Å². The normalized spacial score (nSPS) is 29.5. The molecule has 5 N–H and O–H groups in total. The van der Waals surface area contributed by atoms with Crippen molar-refractivity contribution in [2.24, 2.45) is 16.7 Å². The van der Waals surface area contributed by atoms with Crippen molar-refractivity contribution in [2.75, 3.05) is 18.1 Å². The van der Waals surface area contributed by atoms with Gasteiger partial charge < -0.3 is 54.2 Å². The number of nitrogens with one attached hydrogen (secondary N) is 1. The van der Waals surface area contributed by atoms with Gasteiger partial charge in [0.05, 0.1) is 46.5 Å². The van der Waals surface area contributed by atoms with E-state index in [-0.39, 0.29) is 48.3 Å². The number of ketones is 1. The lowest BCUT2D eigenvalue weighted by molar-refractivity contribution is -0.346. The van der Waals surface area contributed by atoms with Gasteiger partial charge in [-0.05, 0) is 77.3 Å². The minimum Gasteiger partial charge on any atom is -0.481 e. The molecule has 6 rings (SSSR count). The molecule has 1 aliphatic heterocycles. The third kappa shape index (κ3) is 11.4. The van der Waals surface area contributed by atoms with Crippen LogP contribution < -0.4 is 5.32 Å². The van der Waals surface area contributed by atoms with Gasteiger partial charge in [0.25, 0.3) is 0 Å². The number of aliphatic carboxylic acids is 1. The summed E-state index contributed by atoms with van der Waals surface area (Å²) in [4.78, 5) is 96.4. The second-order valence-electron chi connectivity index (χ2n) is 21.0. The van der Waals surface area contributed by atoms with Gasteiger partial charge in [-0.25, -0.2) is 14.4 Å². The van der Waals surface area contributed by atoms with Crippen LogP contribution >= 0.6 is 23.5 Å². The van der Waals surface area contributed by atoms with Crippen LogP contribution in [0.15, 0.2) is 71.8 Å². The largest absolute Gasteiger partial charge is 0.481 e. The number of fused-ring (bicyclic) bond motifs is 5.